The van der Waals surface area contributed by atoms with Gasteiger partial charge in [-0.05, 0) is 61.4 Å². The quantitative estimate of drug-likeness (QED) is 0.692. The fourth-order valence-corrected chi connectivity index (χ4v) is 3.44. The molecule has 1 aromatic heterocycles. The van der Waals surface area contributed by atoms with E-state index in [1.54, 1.807) is 11.3 Å². The van der Waals surface area contributed by atoms with Crippen LogP contribution in [-0.2, 0) is 6.42 Å². The lowest BCUT2D eigenvalue weighted by Crippen LogP contribution is -2.15. The predicted octanol–water partition coefficient (Wildman–Crippen LogP) is 4.58. The number of thiophene rings is 1. The number of Topliss-reactive ketones (excluding diaryl/α,β-unsaturated/α-hetero) is 1. The zero-order chi connectivity index (χ0) is 13.4. The molecule has 1 nitrogen and oxygen atoms in total. The number of rotatable bonds is 1. The second-order valence-corrected chi connectivity index (χ2v) is 6.10. The lowest BCUT2D eigenvalue weighted by atomic mass is 9.83. The number of carbonyl (C=O) groups excluding carboxylic acids is 1. The Balaban J connectivity index is 2.05. The molecule has 0 saturated heterocycles. The van der Waals surface area contributed by atoms with Crippen molar-refractivity contribution in [2.24, 2.45) is 0 Å². The van der Waals surface area contributed by atoms with Gasteiger partial charge in [0.25, 0.3) is 0 Å². The van der Waals surface area contributed by atoms with Crippen LogP contribution in [0.3, 0.4) is 0 Å². The van der Waals surface area contributed by atoms with Gasteiger partial charge in [-0.25, -0.2) is 0 Å². The number of allylic oxidation sites excluding steroid dienone is 1. The molecule has 1 heterocycles. The first kappa shape index (κ1) is 12.4. The Hall–Kier alpha value is -1.67. The van der Waals surface area contributed by atoms with Gasteiger partial charge in [0.2, 0.25) is 0 Å². The molecule has 1 aliphatic carbocycles. The third-order valence-electron chi connectivity index (χ3n) is 3.66. The van der Waals surface area contributed by atoms with Crippen LogP contribution in [0.4, 0.5) is 0 Å². The molecule has 2 heteroatoms. The van der Waals surface area contributed by atoms with Crippen molar-refractivity contribution in [3.8, 4) is 0 Å². The fourth-order valence-electron chi connectivity index (χ4n) is 2.76. The summed E-state index contributed by atoms with van der Waals surface area (Å²) in [6.07, 6.45) is 3.88. The van der Waals surface area contributed by atoms with Crippen LogP contribution in [0.25, 0.3) is 6.08 Å². The molecular formula is C17H16OS. The average molecular weight is 268 g/mol. The topological polar surface area (TPSA) is 17.1 Å². The lowest BCUT2D eigenvalue weighted by molar-refractivity contribution is 0.102. The highest BCUT2D eigenvalue weighted by Gasteiger charge is 2.23. The minimum absolute atomic E-state index is 0.210. The molecule has 2 aromatic rings. The fraction of sp³-hybridized carbons (Fsp3) is 0.235. The summed E-state index contributed by atoms with van der Waals surface area (Å²) in [5.74, 6) is 0.210. The summed E-state index contributed by atoms with van der Waals surface area (Å²) >= 11 is 1.68. The van der Waals surface area contributed by atoms with E-state index in [0.29, 0.717) is 0 Å². The highest BCUT2D eigenvalue weighted by atomic mass is 32.1. The minimum atomic E-state index is 0.210. The first-order chi connectivity index (χ1) is 9.15. The Labute approximate surface area is 117 Å². The lowest BCUT2D eigenvalue weighted by Gasteiger charge is -2.20. The van der Waals surface area contributed by atoms with Crippen LogP contribution >= 0.6 is 11.3 Å². The van der Waals surface area contributed by atoms with Crippen molar-refractivity contribution in [2.45, 2.75) is 26.7 Å². The van der Waals surface area contributed by atoms with Gasteiger partial charge in [0.1, 0.15) is 0 Å². The van der Waals surface area contributed by atoms with Gasteiger partial charge in [-0.15, -0.1) is 11.3 Å². The summed E-state index contributed by atoms with van der Waals surface area (Å²) in [7, 11) is 0. The van der Waals surface area contributed by atoms with Crippen LogP contribution in [0.5, 0.6) is 0 Å². The third-order valence-corrected chi connectivity index (χ3v) is 4.48. The molecule has 0 amide bonds. The SMILES string of the molecule is Cc1cc(C)c2c(c1)C(=O)C(=Cc1cccs1)CC2. The summed E-state index contributed by atoms with van der Waals surface area (Å²) in [4.78, 5) is 13.7. The Bertz CT molecular complexity index is 663. The average Bonchev–Trinajstić information content (AvgIpc) is 2.86. The highest BCUT2D eigenvalue weighted by molar-refractivity contribution is 7.10. The Morgan fingerprint density at radius 1 is 1.21 bits per heavy atom. The number of fused-ring (bicyclic) bond motifs is 1. The maximum absolute atomic E-state index is 12.6. The minimum Gasteiger partial charge on any atom is -0.289 e. The summed E-state index contributed by atoms with van der Waals surface area (Å²) in [5, 5.41) is 2.04. The maximum atomic E-state index is 12.6. The van der Waals surface area contributed by atoms with Gasteiger partial charge in [-0.3, -0.25) is 4.79 Å². The molecule has 1 aromatic carbocycles. The van der Waals surface area contributed by atoms with Crippen molar-refractivity contribution in [1.29, 1.82) is 0 Å². The molecule has 1 aliphatic rings. The summed E-state index contributed by atoms with van der Waals surface area (Å²) < 4.78 is 0. The maximum Gasteiger partial charge on any atom is 0.189 e. The van der Waals surface area contributed by atoms with Crippen molar-refractivity contribution < 1.29 is 4.79 Å². The molecular weight excluding hydrogens is 252 g/mol. The van der Waals surface area contributed by atoms with Gasteiger partial charge in [0, 0.05) is 16.0 Å². The van der Waals surface area contributed by atoms with Crippen molar-refractivity contribution in [2.75, 3.05) is 0 Å². The van der Waals surface area contributed by atoms with E-state index < -0.39 is 0 Å². The molecule has 0 fully saturated rings. The van der Waals surface area contributed by atoms with E-state index in [0.717, 1.165) is 28.9 Å². The molecule has 0 N–H and O–H groups in total. The number of benzene rings is 1. The van der Waals surface area contributed by atoms with Crippen LogP contribution in [-0.4, -0.2) is 5.78 Å². The standard InChI is InChI=1S/C17H16OS/c1-11-8-12(2)15-6-5-13(17(18)16(15)9-11)10-14-4-3-7-19-14/h3-4,7-10H,5-6H2,1-2H3. The largest absolute Gasteiger partial charge is 0.289 e. The molecule has 0 bridgehead atoms. The Morgan fingerprint density at radius 2 is 2.05 bits per heavy atom. The van der Waals surface area contributed by atoms with Gasteiger partial charge in [0.05, 0.1) is 0 Å². The van der Waals surface area contributed by atoms with Gasteiger partial charge in [-0.2, -0.15) is 0 Å². The molecule has 0 spiro atoms. The van der Waals surface area contributed by atoms with E-state index in [1.165, 1.54) is 16.7 Å². The van der Waals surface area contributed by atoms with Crippen molar-refractivity contribution in [3.05, 3.63) is 62.3 Å². The van der Waals surface area contributed by atoms with Gasteiger partial charge < -0.3 is 0 Å². The van der Waals surface area contributed by atoms with Crippen LogP contribution in [0.15, 0.2) is 35.2 Å². The van der Waals surface area contributed by atoms with Crippen LogP contribution in [0.1, 0.15) is 38.3 Å². The van der Waals surface area contributed by atoms with E-state index in [9.17, 15) is 4.79 Å². The normalized spacial score (nSPS) is 16.7. The summed E-state index contributed by atoms with van der Waals surface area (Å²) in [5.41, 5.74) is 5.51. The van der Waals surface area contributed by atoms with Crippen LogP contribution < -0.4 is 0 Å². The number of hydrogen-bond donors (Lipinski definition) is 0. The second-order valence-electron chi connectivity index (χ2n) is 5.12. The van der Waals surface area contributed by atoms with E-state index in [1.807, 2.05) is 23.6 Å². The summed E-state index contributed by atoms with van der Waals surface area (Å²) in [6, 6.07) is 8.28. The molecule has 0 saturated carbocycles. The Kier molecular flexibility index (Phi) is 3.11. The molecule has 0 atom stereocenters. The van der Waals surface area contributed by atoms with E-state index in [2.05, 4.69) is 26.0 Å². The Morgan fingerprint density at radius 3 is 2.79 bits per heavy atom. The number of hydrogen-bond acceptors (Lipinski definition) is 2. The second kappa shape index (κ2) is 4.78. The molecule has 96 valence electrons. The van der Waals surface area contributed by atoms with E-state index in [4.69, 9.17) is 0 Å². The number of aryl methyl sites for hydroxylation is 2. The highest BCUT2D eigenvalue weighted by Crippen LogP contribution is 2.30. The monoisotopic (exact) mass is 268 g/mol. The molecule has 0 radical (unpaired) electrons. The zero-order valence-electron chi connectivity index (χ0n) is 11.2. The summed E-state index contributed by atoms with van der Waals surface area (Å²) in [6.45, 7) is 4.16. The molecule has 3 rings (SSSR count). The van der Waals surface area contributed by atoms with Crippen LogP contribution in [0.2, 0.25) is 0 Å². The molecule has 19 heavy (non-hydrogen) atoms. The smallest absolute Gasteiger partial charge is 0.189 e. The first-order valence-corrected chi connectivity index (χ1v) is 7.42. The van der Waals surface area contributed by atoms with Crippen molar-refractivity contribution in [1.82, 2.24) is 0 Å². The van der Waals surface area contributed by atoms with Gasteiger partial charge in [-0.1, -0.05) is 17.7 Å². The predicted molar refractivity (Wildman–Crippen MR) is 80.9 cm³/mol. The molecule has 0 aliphatic heterocycles. The number of ketones is 1. The van der Waals surface area contributed by atoms with Crippen molar-refractivity contribution >= 4 is 23.2 Å². The number of carbonyl (C=O) groups is 1. The zero-order valence-corrected chi connectivity index (χ0v) is 12.0. The van der Waals surface area contributed by atoms with Gasteiger partial charge >= 0.3 is 0 Å². The van der Waals surface area contributed by atoms with Crippen LogP contribution in [0, 0.1) is 13.8 Å². The third kappa shape index (κ3) is 2.28. The van der Waals surface area contributed by atoms with E-state index in [-0.39, 0.29) is 5.78 Å². The van der Waals surface area contributed by atoms with E-state index >= 15 is 0 Å². The van der Waals surface area contributed by atoms with Crippen molar-refractivity contribution in [3.63, 3.8) is 0 Å². The first-order valence-electron chi connectivity index (χ1n) is 6.54. The van der Waals surface area contributed by atoms with Gasteiger partial charge in [0.15, 0.2) is 5.78 Å². The molecule has 0 unspecified atom stereocenters.